The van der Waals surface area contributed by atoms with Crippen LogP contribution in [0.25, 0.3) is 39.6 Å². The Morgan fingerprint density at radius 1 is 1.10 bits per heavy atom. The van der Waals surface area contributed by atoms with Crippen molar-refractivity contribution in [3.05, 3.63) is 58.5 Å². The Bertz CT molecular complexity index is 1410. The minimum Gasteiger partial charge on any atom is -0.424 e. The van der Waals surface area contributed by atoms with Crippen LogP contribution in [-0.2, 0) is 14.3 Å². The quantitative estimate of drug-likeness (QED) is 0.496. The molecule has 3 aromatic carbocycles. The average Bonchev–Trinajstić information content (AvgIpc) is 3.46. The highest BCUT2D eigenvalue weighted by atomic mass is 16.6. The Kier molecular flexibility index (Phi) is 3.35. The lowest BCUT2D eigenvalue weighted by atomic mass is 9.97. The van der Waals surface area contributed by atoms with E-state index in [1.54, 1.807) is 6.20 Å². The maximum atomic E-state index is 12.7. The van der Waals surface area contributed by atoms with Crippen LogP contribution in [0, 0.1) is 0 Å². The van der Waals surface area contributed by atoms with E-state index in [-0.39, 0.29) is 5.97 Å². The van der Waals surface area contributed by atoms with Crippen molar-refractivity contribution in [1.82, 2.24) is 0 Å². The summed E-state index contributed by atoms with van der Waals surface area (Å²) in [4.78, 5) is 12.7. The fourth-order valence-corrected chi connectivity index (χ4v) is 4.44. The van der Waals surface area contributed by atoms with Gasteiger partial charge < -0.3 is 9.47 Å². The van der Waals surface area contributed by atoms with Gasteiger partial charge >= 0.3 is 5.97 Å². The van der Waals surface area contributed by atoms with Crippen LogP contribution in [0.2, 0.25) is 0 Å². The zero-order chi connectivity index (χ0) is 19.6. The molecule has 3 aromatic rings. The van der Waals surface area contributed by atoms with Gasteiger partial charge in [-0.15, -0.1) is 0 Å². The third-order valence-corrected chi connectivity index (χ3v) is 6.09. The van der Waals surface area contributed by atoms with Crippen LogP contribution in [0.15, 0.2) is 52.7 Å². The Balaban J connectivity index is 1.44. The van der Waals surface area contributed by atoms with Crippen molar-refractivity contribution in [2.75, 3.05) is 6.61 Å². The molecule has 0 radical (unpaired) electrons. The predicted molar refractivity (Wildman–Crippen MR) is 112 cm³/mol. The van der Waals surface area contributed by atoms with Gasteiger partial charge in [0.15, 0.2) is 5.60 Å². The number of allylic oxidation sites excluding steroid dienone is 1. The van der Waals surface area contributed by atoms with E-state index in [9.17, 15) is 4.79 Å². The lowest BCUT2D eigenvalue weighted by Gasteiger charge is -2.21. The van der Waals surface area contributed by atoms with Crippen molar-refractivity contribution in [3.63, 3.8) is 0 Å². The summed E-state index contributed by atoms with van der Waals surface area (Å²) < 4.78 is 11.4. The maximum absolute atomic E-state index is 12.7. The number of carbonyl (C=O) groups is 1. The molecule has 3 aliphatic rings. The van der Waals surface area contributed by atoms with Crippen LogP contribution in [-0.4, -0.2) is 18.2 Å². The Morgan fingerprint density at radius 3 is 2.86 bits per heavy atom. The topological polar surface area (TPSA) is 60.2 Å². The van der Waals surface area contributed by atoms with Gasteiger partial charge in [0.2, 0.25) is 0 Å². The highest BCUT2D eigenvalue weighted by Gasteiger charge is 2.40. The molecular formula is C24H18N2O3. The third-order valence-electron chi connectivity index (χ3n) is 6.09. The molecule has 5 heteroatoms. The number of azo groups is 1. The summed E-state index contributed by atoms with van der Waals surface area (Å²) in [5.74, 6) is 0.267. The molecule has 0 aromatic heterocycles. The molecule has 142 valence electrons. The van der Waals surface area contributed by atoms with Crippen LogP contribution >= 0.6 is 0 Å². The van der Waals surface area contributed by atoms with E-state index >= 15 is 0 Å². The minimum atomic E-state index is -0.844. The van der Waals surface area contributed by atoms with Gasteiger partial charge in [-0.05, 0) is 76.9 Å². The maximum Gasteiger partial charge on any atom is 0.343 e. The van der Waals surface area contributed by atoms with Crippen molar-refractivity contribution in [3.8, 4) is 0 Å². The lowest BCUT2D eigenvalue weighted by molar-refractivity contribution is -0.157. The average molecular weight is 382 g/mol. The van der Waals surface area contributed by atoms with Crippen LogP contribution in [0.5, 0.6) is 0 Å². The van der Waals surface area contributed by atoms with Gasteiger partial charge in [-0.2, -0.15) is 10.2 Å². The van der Waals surface area contributed by atoms with Crippen molar-refractivity contribution >= 4 is 51.2 Å². The number of rotatable bonds is 2. The van der Waals surface area contributed by atoms with E-state index in [0.29, 0.717) is 18.8 Å². The van der Waals surface area contributed by atoms with Gasteiger partial charge in [-0.3, -0.25) is 0 Å². The Hall–Kier alpha value is -3.31. The molecule has 6 rings (SSSR count). The number of ether oxygens (including phenoxy) is 2. The molecule has 2 heterocycles. The summed E-state index contributed by atoms with van der Waals surface area (Å²) in [5.41, 5.74) is 0.997. The number of esters is 1. The zero-order valence-electron chi connectivity index (χ0n) is 15.9. The molecule has 29 heavy (non-hydrogen) atoms. The molecule has 1 aliphatic carbocycles. The smallest absolute Gasteiger partial charge is 0.343 e. The summed E-state index contributed by atoms with van der Waals surface area (Å²) in [7, 11) is 0. The van der Waals surface area contributed by atoms with Crippen molar-refractivity contribution in [2.45, 2.75) is 25.4 Å². The van der Waals surface area contributed by atoms with E-state index in [2.05, 4.69) is 40.6 Å². The molecule has 0 saturated carbocycles. The Morgan fingerprint density at radius 2 is 2.00 bits per heavy atom. The van der Waals surface area contributed by atoms with E-state index in [1.165, 1.54) is 5.39 Å². The second-order valence-corrected chi connectivity index (χ2v) is 7.93. The number of carbonyl (C=O) groups excluding carboxylic acids is 1. The van der Waals surface area contributed by atoms with E-state index in [1.807, 2.05) is 25.1 Å². The highest BCUT2D eigenvalue weighted by Crippen LogP contribution is 2.32. The van der Waals surface area contributed by atoms with Gasteiger partial charge in [-0.25, -0.2) is 4.79 Å². The monoisotopic (exact) mass is 382 g/mol. The first-order chi connectivity index (χ1) is 14.1. The van der Waals surface area contributed by atoms with Crippen LogP contribution in [0.1, 0.15) is 25.3 Å². The fraction of sp³-hybridized carbons (Fsp3) is 0.208. The third kappa shape index (κ3) is 2.41. The fourth-order valence-electron chi connectivity index (χ4n) is 4.44. The molecule has 2 aliphatic heterocycles. The minimum absolute atomic E-state index is 0.320. The number of fused-ring (bicyclic) bond motifs is 6. The highest BCUT2D eigenvalue weighted by molar-refractivity contribution is 6.10. The molecule has 0 N–H and O–H groups in total. The molecule has 1 fully saturated rings. The first-order valence-corrected chi connectivity index (χ1v) is 9.82. The summed E-state index contributed by atoms with van der Waals surface area (Å²) in [6.07, 6.45) is 7.26. The lowest BCUT2D eigenvalue weighted by Crippen LogP contribution is -2.35. The SMILES string of the molecule is CC1(C(=O)OC2=CC=c3c2ccc2c3ccc3cc4c(cc32)=CN=N4)CCCO1. The first-order valence-electron chi connectivity index (χ1n) is 9.82. The zero-order valence-corrected chi connectivity index (χ0v) is 15.9. The second-order valence-electron chi connectivity index (χ2n) is 7.93. The molecule has 0 spiro atoms. The van der Waals surface area contributed by atoms with E-state index in [4.69, 9.17) is 9.47 Å². The van der Waals surface area contributed by atoms with E-state index < -0.39 is 5.60 Å². The Labute approximate surface area is 166 Å². The van der Waals surface area contributed by atoms with E-state index in [0.717, 1.165) is 44.3 Å². The van der Waals surface area contributed by atoms with Crippen molar-refractivity contribution < 1.29 is 14.3 Å². The van der Waals surface area contributed by atoms with Gasteiger partial charge in [0.1, 0.15) is 5.76 Å². The number of hydrogen-bond acceptors (Lipinski definition) is 5. The number of hydrogen-bond donors (Lipinski definition) is 0. The molecular weight excluding hydrogens is 364 g/mol. The van der Waals surface area contributed by atoms with Gasteiger partial charge in [0, 0.05) is 17.4 Å². The summed E-state index contributed by atoms with van der Waals surface area (Å²) in [6.45, 7) is 2.41. The van der Waals surface area contributed by atoms with Crippen LogP contribution in [0.4, 0.5) is 5.69 Å². The van der Waals surface area contributed by atoms with Gasteiger partial charge in [0.25, 0.3) is 0 Å². The summed E-state index contributed by atoms with van der Waals surface area (Å²) >= 11 is 0. The molecule has 5 nitrogen and oxygen atoms in total. The molecule has 1 saturated heterocycles. The number of benzene rings is 3. The van der Waals surface area contributed by atoms with Crippen LogP contribution < -0.4 is 10.4 Å². The largest absolute Gasteiger partial charge is 0.424 e. The summed E-state index contributed by atoms with van der Waals surface area (Å²) in [5, 5.41) is 14.9. The van der Waals surface area contributed by atoms with Crippen LogP contribution in [0.3, 0.4) is 0 Å². The van der Waals surface area contributed by atoms with Gasteiger partial charge in [0.05, 0.1) is 11.9 Å². The molecule has 0 bridgehead atoms. The molecule has 1 unspecified atom stereocenters. The van der Waals surface area contributed by atoms with Crippen molar-refractivity contribution in [2.24, 2.45) is 10.2 Å². The number of nitrogens with zero attached hydrogens (tertiary/aromatic N) is 2. The molecule has 0 amide bonds. The normalized spacial score (nSPS) is 21.6. The standard InChI is InChI=1S/C24H18N2O3/c1-24(9-2-10-28-24)23(27)29-22-8-7-17-16-4-3-14-12-21-15(13-25-26-21)11-20(14)18(16)5-6-19(17)22/h3-8,11-13H,2,9-10H2,1H3. The van der Waals surface area contributed by atoms with Gasteiger partial charge in [-0.1, -0.05) is 18.2 Å². The van der Waals surface area contributed by atoms with Crippen molar-refractivity contribution in [1.29, 1.82) is 0 Å². The predicted octanol–water partition coefficient (Wildman–Crippen LogP) is 4.08. The summed E-state index contributed by atoms with van der Waals surface area (Å²) in [6, 6.07) is 12.6. The molecule has 1 atom stereocenters. The second kappa shape index (κ2) is 5.84. The first kappa shape index (κ1) is 16.6.